The summed E-state index contributed by atoms with van der Waals surface area (Å²) in [5, 5.41) is 3.54. The average Bonchev–Trinajstić information content (AvgIpc) is 2.53. The molecule has 3 heterocycles. The first kappa shape index (κ1) is 14.6. The van der Waals surface area contributed by atoms with Crippen LogP contribution in [0.2, 0.25) is 5.02 Å². The maximum Gasteiger partial charge on any atom is 0.255 e. The van der Waals surface area contributed by atoms with Gasteiger partial charge in [0.25, 0.3) is 5.91 Å². The summed E-state index contributed by atoms with van der Waals surface area (Å²) in [4.78, 5) is 17.3. The largest absolute Gasteiger partial charge is 0.496 e. The molecule has 5 nitrogen and oxygen atoms in total. The molecule has 0 aromatic heterocycles. The number of rotatable bonds is 4. The van der Waals surface area contributed by atoms with Crippen LogP contribution in [0.15, 0.2) is 18.2 Å². The number of halogens is 1. The van der Waals surface area contributed by atoms with Crippen LogP contribution in [0.3, 0.4) is 0 Å². The van der Waals surface area contributed by atoms with Gasteiger partial charge in [-0.05, 0) is 18.2 Å². The SMILES string of the molecule is COc1ccc(Cl)cc1C(=O)NCC1CN2CCN1CC2. The van der Waals surface area contributed by atoms with E-state index < -0.39 is 0 Å². The van der Waals surface area contributed by atoms with Crippen molar-refractivity contribution in [3.63, 3.8) is 0 Å². The predicted molar refractivity (Wildman–Crippen MR) is 82.1 cm³/mol. The molecule has 3 aliphatic rings. The van der Waals surface area contributed by atoms with Gasteiger partial charge >= 0.3 is 0 Å². The van der Waals surface area contributed by atoms with E-state index in [9.17, 15) is 4.79 Å². The molecule has 0 spiro atoms. The van der Waals surface area contributed by atoms with E-state index in [2.05, 4.69) is 15.1 Å². The lowest BCUT2D eigenvalue weighted by Crippen LogP contribution is -2.63. The minimum Gasteiger partial charge on any atom is -0.496 e. The number of piperazine rings is 3. The van der Waals surface area contributed by atoms with Gasteiger partial charge in [-0.1, -0.05) is 11.6 Å². The van der Waals surface area contributed by atoms with E-state index in [0.29, 0.717) is 28.9 Å². The third kappa shape index (κ3) is 3.15. The molecule has 6 heteroatoms. The number of carbonyl (C=O) groups is 1. The molecular weight excluding hydrogens is 290 g/mol. The first-order chi connectivity index (χ1) is 10.2. The van der Waals surface area contributed by atoms with E-state index in [4.69, 9.17) is 16.3 Å². The van der Waals surface area contributed by atoms with E-state index in [-0.39, 0.29) is 5.91 Å². The highest BCUT2D eigenvalue weighted by molar-refractivity contribution is 6.31. The number of carbonyl (C=O) groups excluding carboxylic acids is 1. The zero-order chi connectivity index (χ0) is 14.8. The Morgan fingerprint density at radius 1 is 1.38 bits per heavy atom. The predicted octanol–water partition coefficient (Wildman–Crippen LogP) is 1.08. The van der Waals surface area contributed by atoms with Crippen molar-refractivity contribution < 1.29 is 9.53 Å². The Morgan fingerprint density at radius 3 is 2.76 bits per heavy atom. The van der Waals surface area contributed by atoms with Gasteiger partial charge in [0.1, 0.15) is 5.75 Å². The number of fused-ring (bicyclic) bond motifs is 3. The second-order valence-corrected chi connectivity index (χ2v) is 5.98. The van der Waals surface area contributed by atoms with Gasteiger partial charge in [0.05, 0.1) is 12.7 Å². The van der Waals surface area contributed by atoms with Gasteiger partial charge < -0.3 is 10.1 Å². The first-order valence-corrected chi connectivity index (χ1v) is 7.63. The van der Waals surface area contributed by atoms with Crippen molar-refractivity contribution in [2.75, 3.05) is 46.4 Å². The summed E-state index contributed by atoms with van der Waals surface area (Å²) >= 11 is 5.97. The van der Waals surface area contributed by atoms with Crippen LogP contribution in [0.25, 0.3) is 0 Å². The van der Waals surface area contributed by atoms with Crippen molar-refractivity contribution in [2.45, 2.75) is 6.04 Å². The summed E-state index contributed by atoms with van der Waals surface area (Å²) in [6.45, 7) is 6.18. The highest BCUT2D eigenvalue weighted by atomic mass is 35.5. The van der Waals surface area contributed by atoms with Crippen molar-refractivity contribution in [2.24, 2.45) is 0 Å². The monoisotopic (exact) mass is 309 g/mol. The average molecular weight is 310 g/mol. The molecule has 1 N–H and O–H groups in total. The number of amides is 1. The summed E-state index contributed by atoms with van der Waals surface area (Å²) in [5.74, 6) is 0.415. The summed E-state index contributed by atoms with van der Waals surface area (Å²) in [6, 6.07) is 5.49. The second-order valence-electron chi connectivity index (χ2n) is 5.55. The molecule has 4 rings (SSSR count). The van der Waals surface area contributed by atoms with Gasteiger partial charge in [-0.15, -0.1) is 0 Å². The zero-order valence-electron chi connectivity index (χ0n) is 12.1. The molecule has 21 heavy (non-hydrogen) atoms. The van der Waals surface area contributed by atoms with Crippen molar-refractivity contribution >= 4 is 17.5 Å². The Bertz CT molecular complexity index is 530. The van der Waals surface area contributed by atoms with Crippen molar-refractivity contribution in [1.82, 2.24) is 15.1 Å². The molecule has 1 atom stereocenters. The van der Waals surface area contributed by atoms with Gasteiger partial charge in [-0.3, -0.25) is 14.6 Å². The number of hydrogen-bond acceptors (Lipinski definition) is 4. The van der Waals surface area contributed by atoms with Crippen molar-refractivity contribution in [3.8, 4) is 5.75 Å². The highest BCUT2D eigenvalue weighted by Gasteiger charge is 2.31. The first-order valence-electron chi connectivity index (χ1n) is 7.25. The fraction of sp³-hybridized carbons (Fsp3) is 0.533. The Hall–Kier alpha value is -1.30. The van der Waals surface area contributed by atoms with Crippen LogP contribution in [-0.2, 0) is 0 Å². The van der Waals surface area contributed by atoms with E-state index >= 15 is 0 Å². The van der Waals surface area contributed by atoms with Gasteiger partial charge in [0.2, 0.25) is 0 Å². The lowest BCUT2D eigenvalue weighted by Gasteiger charge is -2.47. The maximum absolute atomic E-state index is 12.3. The summed E-state index contributed by atoms with van der Waals surface area (Å²) in [7, 11) is 1.55. The smallest absolute Gasteiger partial charge is 0.255 e. The number of hydrogen-bond donors (Lipinski definition) is 1. The number of ether oxygens (including phenoxy) is 1. The number of nitrogens with zero attached hydrogens (tertiary/aromatic N) is 2. The summed E-state index contributed by atoms with van der Waals surface area (Å²) < 4.78 is 5.22. The van der Waals surface area contributed by atoms with Crippen LogP contribution in [0.5, 0.6) is 5.75 Å². The van der Waals surface area contributed by atoms with E-state index in [1.165, 1.54) is 0 Å². The Balaban J connectivity index is 1.63. The molecule has 1 aromatic carbocycles. The third-order valence-corrected chi connectivity index (χ3v) is 4.53. The van der Waals surface area contributed by atoms with Crippen molar-refractivity contribution in [3.05, 3.63) is 28.8 Å². The lowest BCUT2D eigenvalue weighted by molar-refractivity contribution is 0.0138. The molecule has 0 aliphatic carbocycles. The van der Waals surface area contributed by atoms with Crippen LogP contribution in [0, 0.1) is 0 Å². The Labute approximate surface area is 129 Å². The zero-order valence-corrected chi connectivity index (χ0v) is 12.9. The molecule has 3 aliphatic heterocycles. The van der Waals surface area contributed by atoms with E-state index in [1.807, 2.05) is 0 Å². The standard InChI is InChI=1S/C15H20ClN3O2/c1-21-14-3-2-11(16)8-13(14)15(20)17-9-12-10-18-4-6-19(12)7-5-18/h2-3,8,12H,4-7,9-10H2,1H3,(H,17,20). The molecule has 114 valence electrons. The second kappa shape index (κ2) is 6.22. The molecule has 0 radical (unpaired) electrons. The van der Waals surface area contributed by atoms with Gasteiger partial charge in [-0.25, -0.2) is 0 Å². The summed E-state index contributed by atoms with van der Waals surface area (Å²) in [5.41, 5.74) is 0.487. The third-order valence-electron chi connectivity index (χ3n) is 4.30. The maximum atomic E-state index is 12.3. The summed E-state index contributed by atoms with van der Waals surface area (Å²) in [6.07, 6.45) is 0. The molecule has 0 saturated carbocycles. The molecular formula is C15H20ClN3O2. The van der Waals surface area contributed by atoms with E-state index in [1.54, 1.807) is 25.3 Å². The fourth-order valence-corrected chi connectivity index (χ4v) is 3.25. The minimum absolute atomic E-state index is 0.132. The lowest BCUT2D eigenvalue weighted by atomic mass is 10.1. The topological polar surface area (TPSA) is 44.8 Å². The van der Waals surface area contributed by atoms with Crippen LogP contribution in [0.1, 0.15) is 10.4 Å². The molecule has 2 bridgehead atoms. The molecule has 1 aromatic rings. The normalized spacial score (nSPS) is 27.4. The van der Waals surface area contributed by atoms with Gasteiger partial charge in [0.15, 0.2) is 0 Å². The fourth-order valence-electron chi connectivity index (χ4n) is 3.08. The quantitative estimate of drug-likeness (QED) is 0.904. The van der Waals surface area contributed by atoms with Gasteiger partial charge in [0, 0.05) is 50.3 Å². The Kier molecular flexibility index (Phi) is 4.33. The molecule has 1 amide bonds. The molecule has 3 fully saturated rings. The molecule has 1 unspecified atom stereocenters. The van der Waals surface area contributed by atoms with Crippen molar-refractivity contribution in [1.29, 1.82) is 0 Å². The Morgan fingerprint density at radius 2 is 2.14 bits per heavy atom. The number of methoxy groups -OCH3 is 1. The highest BCUT2D eigenvalue weighted by Crippen LogP contribution is 2.22. The van der Waals surface area contributed by atoms with Crippen LogP contribution < -0.4 is 10.1 Å². The molecule has 3 saturated heterocycles. The minimum atomic E-state index is -0.132. The number of nitrogens with one attached hydrogen (secondary N) is 1. The number of benzene rings is 1. The van der Waals surface area contributed by atoms with Crippen LogP contribution >= 0.6 is 11.6 Å². The van der Waals surface area contributed by atoms with Gasteiger partial charge in [-0.2, -0.15) is 0 Å². The van der Waals surface area contributed by atoms with Crippen LogP contribution in [0.4, 0.5) is 0 Å². The van der Waals surface area contributed by atoms with E-state index in [0.717, 1.165) is 32.7 Å². The van der Waals surface area contributed by atoms with Crippen LogP contribution in [-0.4, -0.2) is 68.1 Å².